The number of thiocarbonyl (C=S) groups is 1. The summed E-state index contributed by atoms with van der Waals surface area (Å²) in [6.45, 7) is 7.77. The highest BCUT2D eigenvalue weighted by atomic mass is 32.1. The fourth-order valence-electron chi connectivity index (χ4n) is 4.14. The monoisotopic (exact) mass is 454 g/mol. The summed E-state index contributed by atoms with van der Waals surface area (Å²) < 4.78 is 2.02. The van der Waals surface area contributed by atoms with Crippen molar-refractivity contribution in [2.24, 2.45) is 0 Å². The standard InChI is InChI=1S/C26H22N4O2S/c1-15-9-16(2)11-22(10-15)30-25(32)23(24(31)28-26(30)33)13-20-12-17(3)29(18(20)4)21-7-5-19(14-27)6-8-21/h5-13H,1-4H3,(H,28,31,33)/b23-13+. The molecule has 1 saturated heterocycles. The Balaban J connectivity index is 1.76. The molecule has 2 aromatic carbocycles. The molecule has 0 atom stereocenters. The molecule has 1 aliphatic heterocycles. The number of amides is 2. The van der Waals surface area contributed by atoms with Gasteiger partial charge in [-0.25, -0.2) is 0 Å². The van der Waals surface area contributed by atoms with E-state index in [1.165, 1.54) is 4.90 Å². The van der Waals surface area contributed by atoms with Crippen molar-refractivity contribution in [1.82, 2.24) is 9.88 Å². The van der Waals surface area contributed by atoms with Crippen molar-refractivity contribution in [1.29, 1.82) is 5.26 Å². The van der Waals surface area contributed by atoms with Crippen LogP contribution in [0.25, 0.3) is 11.8 Å². The molecular weight excluding hydrogens is 432 g/mol. The number of hydrogen-bond donors (Lipinski definition) is 1. The highest BCUT2D eigenvalue weighted by Gasteiger charge is 2.35. The summed E-state index contributed by atoms with van der Waals surface area (Å²) in [6.07, 6.45) is 1.61. The van der Waals surface area contributed by atoms with Gasteiger partial charge in [0.15, 0.2) is 5.11 Å². The molecule has 1 N–H and O–H groups in total. The minimum Gasteiger partial charge on any atom is -0.318 e. The Morgan fingerprint density at radius 1 is 0.939 bits per heavy atom. The van der Waals surface area contributed by atoms with Gasteiger partial charge in [-0.05, 0) is 105 Å². The van der Waals surface area contributed by atoms with E-state index >= 15 is 0 Å². The molecule has 2 heterocycles. The number of nitriles is 1. The van der Waals surface area contributed by atoms with Crippen LogP contribution in [0, 0.1) is 39.0 Å². The summed E-state index contributed by atoms with van der Waals surface area (Å²) in [5.41, 5.74) is 6.67. The predicted molar refractivity (Wildman–Crippen MR) is 132 cm³/mol. The van der Waals surface area contributed by atoms with E-state index in [0.29, 0.717) is 11.3 Å². The lowest BCUT2D eigenvalue weighted by Gasteiger charge is -2.29. The van der Waals surface area contributed by atoms with Crippen LogP contribution in [0.5, 0.6) is 0 Å². The van der Waals surface area contributed by atoms with Crippen molar-refractivity contribution >= 4 is 40.9 Å². The summed E-state index contributed by atoms with van der Waals surface area (Å²) in [7, 11) is 0. The zero-order valence-electron chi connectivity index (χ0n) is 18.8. The van der Waals surface area contributed by atoms with Gasteiger partial charge >= 0.3 is 0 Å². The highest BCUT2D eigenvalue weighted by molar-refractivity contribution is 7.80. The molecule has 2 amide bonds. The van der Waals surface area contributed by atoms with Crippen molar-refractivity contribution in [2.75, 3.05) is 4.90 Å². The van der Waals surface area contributed by atoms with Gasteiger partial charge in [-0.15, -0.1) is 0 Å². The van der Waals surface area contributed by atoms with Gasteiger partial charge in [0.25, 0.3) is 11.8 Å². The van der Waals surface area contributed by atoms with Crippen LogP contribution >= 0.6 is 12.2 Å². The summed E-state index contributed by atoms with van der Waals surface area (Å²) in [4.78, 5) is 27.5. The number of carbonyl (C=O) groups excluding carboxylic acids is 2. The fraction of sp³-hybridized carbons (Fsp3) is 0.154. The lowest BCUT2D eigenvalue weighted by Crippen LogP contribution is -2.54. The van der Waals surface area contributed by atoms with E-state index in [1.54, 1.807) is 18.2 Å². The third kappa shape index (κ3) is 4.09. The second-order valence-corrected chi connectivity index (χ2v) is 8.51. The quantitative estimate of drug-likeness (QED) is 0.361. The van der Waals surface area contributed by atoms with Crippen LogP contribution in [0.1, 0.15) is 33.6 Å². The topological polar surface area (TPSA) is 78.1 Å². The molecule has 1 aliphatic rings. The van der Waals surface area contributed by atoms with Gasteiger partial charge in [-0.2, -0.15) is 5.26 Å². The summed E-state index contributed by atoms with van der Waals surface area (Å²) in [5, 5.41) is 11.8. The Kier molecular flexibility index (Phi) is 5.71. The molecule has 0 spiro atoms. The number of benzene rings is 2. The van der Waals surface area contributed by atoms with Crippen molar-refractivity contribution in [3.05, 3.63) is 87.7 Å². The van der Waals surface area contributed by atoms with E-state index < -0.39 is 11.8 Å². The second-order valence-electron chi connectivity index (χ2n) is 8.12. The molecule has 1 fully saturated rings. The Morgan fingerprint density at radius 2 is 1.58 bits per heavy atom. The first-order valence-corrected chi connectivity index (χ1v) is 10.8. The lowest BCUT2D eigenvalue weighted by molar-refractivity contribution is -0.122. The number of carbonyl (C=O) groups is 2. The molecule has 0 bridgehead atoms. The first kappa shape index (κ1) is 22.2. The molecule has 7 heteroatoms. The van der Waals surface area contributed by atoms with Gasteiger partial charge in [0, 0.05) is 17.1 Å². The maximum Gasteiger partial charge on any atom is 0.270 e. The van der Waals surface area contributed by atoms with E-state index in [4.69, 9.17) is 17.5 Å². The van der Waals surface area contributed by atoms with Gasteiger partial charge in [0.05, 0.1) is 17.3 Å². The largest absolute Gasteiger partial charge is 0.318 e. The van der Waals surface area contributed by atoms with Gasteiger partial charge < -0.3 is 4.57 Å². The van der Waals surface area contributed by atoms with Gasteiger partial charge in [-0.3, -0.25) is 19.8 Å². The number of aromatic nitrogens is 1. The van der Waals surface area contributed by atoms with Crippen molar-refractivity contribution < 1.29 is 9.59 Å². The maximum atomic E-state index is 13.4. The molecular formula is C26H22N4O2S. The minimum atomic E-state index is -0.520. The van der Waals surface area contributed by atoms with Crippen LogP contribution in [-0.2, 0) is 9.59 Å². The minimum absolute atomic E-state index is 0.0165. The zero-order valence-corrected chi connectivity index (χ0v) is 19.6. The van der Waals surface area contributed by atoms with Crippen LogP contribution in [0.3, 0.4) is 0 Å². The van der Waals surface area contributed by atoms with Crippen LogP contribution in [0.2, 0.25) is 0 Å². The Bertz CT molecular complexity index is 1370. The van der Waals surface area contributed by atoms with Gasteiger partial charge in [0.2, 0.25) is 0 Å². The Hall–Kier alpha value is -4.02. The van der Waals surface area contributed by atoms with Gasteiger partial charge in [0.1, 0.15) is 5.57 Å². The normalized spacial score (nSPS) is 15.1. The Morgan fingerprint density at radius 3 is 2.18 bits per heavy atom. The fourth-order valence-corrected chi connectivity index (χ4v) is 4.42. The first-order valence-electron chi connectivity index (χ1n) is 10.4. The highest BCUT2D eigenvalue weighted by Crippen LogP contribution is 2.27. The number of aryl methyl sites for hydroxylation is 3. The molecule has 6 nitrogen and oxygen atoms in total. The summed E-state index contributed by atoms with van der Waals surface area (Å²) in [5.74, 6) is -0.981. The summed E-state index contributed by atoms with van der Waals surface area (Å²) in [6, 6.07) is 17.0. The summed E-state index contributed by atoms with van der Waals surface area (Å²) >= 11 is 5.32. The van der Waals surface area contributed by atoms with E-state index in [1.807, 2.05) is 68.7 Å². The lowest BCUT2D eigenvalue weighted by atomic mass is 10.1. The molecule has 0 unspecified atom stereocenters. The first-order chi connectivity index (χ1) is 15.7. The number of anilines is 1. The van der Waals surface area contributed by atoms with Crippen LogP contribution in [0.15, 0.2) is 54.1 Å². The number of hydrogen-bond acceptors (Lipinski definition) is 4. The van der Waals surface area contributed by atoms with Crippen molar-refractivity contribution in [2.45, 2.75) is 27.7 Å². The van der Waals surface area contributed by atoms with E-state index in [9.17, 15) is 9.59 Å². The molecule has 164 valence electrons. The smallest absolute Gasteiger partial charge is 0.270 e. The average molecular weight is 455 g/mol. The maximum absolute atomic E-state index is 13.4. The van der Waals surface area contributed by atoms with Crippen LogP contribution in [-0.4, -0.2) is 21.5 Å². The third-order valence-corrected chi connectivity index (χ3v) is 5.88. The number of rotatable bonds is 3. The SMILES string of the molecule is Cc1cc(C)cc(N2C(=O)/C(=C/c3cc(C)n(-c4ccc(C#N)cc4)c3C)C(=O)NC2=S)c1. The molecule has 1 aromatic heterocycles. The van der Waals surface area contributed by atoms with E-state index in [2.05, 4.69) is 11.4 Å². The molecule has 3 aromatic rings. The number of nitrogens with zero attached hydrogens (tertiary/aromatic N) is 3. The average Bonchev–Trinajstić information content (AvgIpc) is 3.03. The molecule has 0 saturated carbocycles. The van der Waals surface area contributed by atoms with Gasteiger partial charge in [-0.1, -0.05) is 6.07 Å². The third-order valence-electron chi connectivity index (χ3n) is 5.59. The predicted octanol–water partition coefficient (Wildman–Crippen LogP) is 4.41. The van der Waals surface area contributed by atoms with Crippen molar-refractivity contribution in [3.63, 3.8) is 0 Å². The molecule has 33 heavy (non-hydrogen) atoms. The van der Waals surface area contributed by atoms with E-state index in [-0.39, 0.29) is 10.7 Å². The Labute approximate surface area is 197 Å². The molecule has 0 radical (unpaired) electrons. The number of nitrogens with one attached hydrogen (secondary N) is 1. The second kappa shape index (κ2) is 8.49. The van der Waals surface area contributed by atoms with Crippen molar-refractivity contribution in [3.8, 4) is 11.8 Å². The van der Waals surface area contributed by atoms with E-state index in [0.717, 1.165) is 33.8 Å². The molecule has 4 rings (SSSR count). The van der Waals surface area contributed by atoms with Crippen LogP contribution < -0.4 is 10.2 Å². The molecule has 0 aliphatic carbocycles. The van der Waals surface area contributed by atoms with Crippen LogP contribution in [0.4, 0.5) is 5.69 Å². The zero-order chi connectivity index (χ0) is 23.9.